The summed E-state index contributed by atoms with van der Waals surface area (Å²) in [4.78, 5) is 26.0. The van der Waals surface area contributed by atoms with E-state index in [0.717, 1.165) is 31.5 Å². The highest BCUT2D eigenvalue weighted by Gasteiger charge is 2.24. The normalized spacial score (nSPS) is 21.8. The number of nitrogens with one attached hydrogen (secondary N) is 1. The maximum absolute atomic E-state index is 12.4. The number of amides is 2. The van der Waals surface area contributed by atoms with Gasteiger partial charge in [-0.05, 0) is 43.4 Å². The van der Waals surface area contributed by atoms with Gasteiger partial charge in [0, 0.05) is 13.1 Å². The molecule has 2 aliphatic heterocycles. The first-order chi connectivity index (χ1) is 10.5. The molecule has 0 spiro atoms. The highest BCUT2D eigenvalue weighted by atomic mass is 16.5. The number of piperidine rings is 1. The zero-order chi connectivity index (χ0) is 15.7. The predicted octanol–water partition coefficient (Wildman–Crippen LogP) is 2.21. The average molecular weight is 302 g/mol. The molecule has 0 radical (unpaired) electrons. The van der Waals surface area contributed by atoms with Gasteiger partial charge in [0.05, 0.1) is 12.1 Å². The van der Waals surface area contributed by atoms with E-state index in [1.54, 1.807) is 6.92 Å². The van der Waals surface area contributed by atoms with Crippen LogP contribution in [0.1, 0.15) is 32.3 Å². The Morgan fingerprint density at radius 3 is 2.77 bits per heavy atom. The summed E-state index contributed by atoms with van der Waals surface area (Å²) in [6, 6.07) is 5.56. The number of nitrogens with zero attached hydrogens (tertiary/aromatic N) is 1. The van der Waals surface area contributed by atoms with Crippen LogP contribution in [0.5, 0.6) is 5.75 Å². The van der Waals surface area contributed by atoms with Gasteiger partial charge in [0.15, 0.2) is 6.10 Å². The molecule has 0 saturated carbocycles. The van der Waals surface area contributed by atoms with Gasteiger partial charge in [-0.15, -0.1) is 0 Å². The molecule has 1 atom stereocenters. The molecule has 2 heterocycles. The Morgan fingerprint density at radius 1 is 1.32 bits per heavy atom. The highest BCUT2D eigenvalue weighted by molar-refractivity contribution is 5.97. The SMILES string of the molecule is CC1CCN(C(=O)Cc2ccc3c(c2)NC(=O)C(C)O3)CC1. The van der Waals surface area contributed by atoms with Crippen molar-refractivity contribution in [2.75, 3.05) is 18.4 Å². The van der Waals surface area contributed by atoms with E-state index in [0.29, 0.717) is 23.8 Å². The molecular formula is C17H22N2O3. The minimum atomic E-state index is -0.477. The average Bonchev–Trinajstić information content (AvgIpc) is 2.49. The Bertz CT molecular complexity index is 592. The monoisotopic (exact) mass is 302 g/mol. The topological polar surface area (TPSA) is 58.6 Å². The van der Waals surface area contributed by atoms with Crippen LogP contribution in [-0.4, -0.2) is 35.9 Å². The Kier molecular flexibility index (Phi) is 4.05. The van der Waals surface area contributed by atoms with Crippen LogP contribution in [0.4, 0.5) is 5.69 Å². The summed E-state index contributed by atoms with van der Waals surface area (Å²) in [5.74, 6) is 1.38. The lowest BCUT2D eigenvalue weighted by molar-refractivity contribution is -0.131. The van der Waals surface area contributed by atoms with Crippen LogP contribution >= 0.6 is 0 Å². The number of ether oxygens (including phenoxy) is 1. The lowest BCUT2D eigenvalue weighted by Crippen LogP contribution is -2.38. The molecule has 0 aliphatic carbocycles. The molecule has 2 aliphatic rings. The van der Waals surface area contributed by atoms with Crippen molar-refractivity contribution >= 4 is 17.5 Å². The summed E-state index contributed by atoms with van der Waals surface area (Å²) in [7, 11) is 0. The number of rotatable bonds is 2. The molecule has 118 valence electrons. The molecule has 1 unspecified atom stereocenters. The molecule has 5 nitrogen and oxygen atoms in total. The van der Waals surface area contributed by atoms with Crippen molar-refractivity contribution in [3.63, 3.8) is 0 Å². The third-order valence-electron chi connectivity index (χ3n) is 4.47. The van der Waals surface area contributed by atoms with E-state index in [2.05, 4.69) is 12.2 Å². The molecule has 0 aromatic heterocycles. The van der Waals surface area contributed by atoms with Crippen molar-refractivity contribution in [3.05, 3.63) is 23.8 Å². The van der Waals surface area contributed by atoms with Gasteiger partial charge in [0.1, 0.15) is 5.75 Å². The van der Waals surface area contributed by atoms with Gasteiger partial charge >= 0.3 is 0 Å². The van der Waals surface area contributed by atoms with Gasteiger partial charge in [0.2, 0.25) is 5.91 Å². The van der Waals surface area contributed by atoms with E-state index in [-0.39, 0.29) is 11.8 Å². The van der Waals surface area contributed by atoms with Gasteiger partial charge in [-0.1, -0.05) is 13.0 Å². The molecule has 1 aromatic rings. The minimum Gasteiger partial charge on any atom is -0.479 e. The van der Waals surface area contributed by atoms with E-state index in [1.807, 2.05) is 23.1 Å². The second-order valence-electron chi connectivity index (χ2n) is 6.32. The van der Waals surface area contributed by atoms with E-state index in [9.17, 15) is 9.59 Å². The van der Waals surface area contributed by atoms with Gasteiger partial charge in [-0.2, -0.15) is 0 Å². The van der Waals surface area contributed by atoms with Crippen LogP contribution in [0.2, 0.25) is 0 Å². The van der Waals surface area contributed by atoms with Crippen molar-refractivity contribution in [2.24, 2.45) is 5.92 Å². The standard InChI is InChI=1S/C17H22N2O3/c1-11-5-7-19(8-6-11)16(20)10-13-3-4-15-14(9-13)18-17(21)12(2)22-15/h3-4,9,11-12H,5-8,10H2,1-2H3,(H,18,21). The lowest BCUT2D eigenvalue weighted by atomic mass is 9.98. The highest BCUT2D eigenvalue weighted by Crippen LogP contribution is 2.30. The first kappa shape index (κ1) is 14.9. The zero-order valence-electron chi connectivity index (χ0n) is 13.1. The van der Waals surface area contributed by atoms with Crippen molar-refractivity contribution in [1.29, 1.82) is 0 Å². The van der Waals surface area contributed by atoms with Gasteiger partial charge in [0.25, 0.3) is 5.91 Å². The van der Waals surface area contributed by atoms with Gasteiger partial charge in [-0.3, -0.25) is 9.59 Å². The van der Waals surface area contributed by atoms with Crippen LogP contribution in [0.3, 0.4) is 0 Å². The molecule has 1 saturated heterocycles. The van der Waals surface area contributed by atoms with E-state index < -0.39 is 6.10 Å². The fourth-order valence-corrected chi connectivity index (χ4v) is 2.91. The number of fused-ring (bicyclic) bond motifs is 1. The smallest absolute Gasteiger partial charge is 0.265 e. The molecule has 0 bridgehead atoms. The van der Waals surface area contributed by atoms with Crippen molar-refractivity contribution in [2.45, 2.75) is 39.2 Å². The van der Waals surface area contributed by atoms with Crippen molar-refractivity contribution in [1.82, 2.24) is 4.90 Å². The third-order valence-corrected chi connectivity index (χ3v) is 4.47. The van der Waals surface area contributed by atoms with Crippen LogP contribution in [0.15, 0.2) is 18.2 Å². The first-order valence-electron chi connectivity index (χ1n) is 7.91. The number of hydrogen-bond acceptors (Lipinski definition) is 3. The second-order valence-corrected chi connectivity index (χ2v) is 6.32. The zero-order valence-corrected chi connectivity index (χ0v) is 13.1. The largest absolute Gasteiger partial charge is 0.479 e. The van der Waals surface area contributed by atoms with Crippen molar-refractivity contribution in [3.8, 4) is 5.75 Å². The summed E-state index contributed by atoms with van der Waals surface area (Å²) < 4.78 is 5.52. The van der Waals surface area contributed by atoms with Gasteiger partial charge in [-0.25, -0.2) is 0 Å². The third kappa shape index (κ3) is 3.08. The maximum atomic E-state index is 12.4. The summed E-state index contributed by atoms with van der Waals surface area (Å²) in [5, 5.41) is 2.82. The minimum absolute atomic E-state index is 0.152. The molecule has 2 amide bonds. The van der Waals surface area contributed by atoms with Gasteiger partial charge < -0.3 is 15.0 Å². The summed E-state index contributed by atoms with van der Waals surface area (Å²) >= 11 is 0. The number of likely N-dealkylation sites (tertiary alicyclic amines) is 1. The number of carbonyl (C=O) groups is 2. The molecule has 1 N–H and O–H groups in total. The number of carbonyl (C=O) groups excluding carboxylic acids is 2. The molecular weight excluding hydrogens is 280 g/mol. The summed E-state index contributed by atoms with van der Waals surface area (Å²) in [6.07, 6.45) is 2.05. The van der Waals surface area contributed by atoms with Crippen LogP contribution in [-0.2, 0) is 16.0 Å². The van der Waals surface area contributed by atoms with Crippen LogP contribution in [0, 0.1) is 5.92 Å². The number of anilines is 1. The Morgan fingerprint density at radius 2 is 2.05 bits per heavy atom. The first-order valence-corrected chi connectivity index (χ1v) is 7.91. The Hall–Kier alpha value is -2.04. The van der Waals surface area contributed by atoms with E-state index in [4.69, 9.17) is 4.74 Å². The fraction of sp³-hybridized carbons (Fsp3) is 0.529. The van der Waals surface area contributed by atoms with E-state index in [1.165, 1.54) is 0 Å². The second kappa shape index (κ2) is 5.99. The quantitative estimate of drug-likeness (QED) is 0.911. The molecule has 22 heavy (non-hydrogen) atoms. The molecule has 1 fully saturated rings. The van der Waals surface area contributed by atoms with E-state index >= 15 is 0 Å². The molecule has 1 aromatic carbocycles. The summed E-state index contributed by atoms with van der Waals surface area (Å²) in [6.45, 7) is 5.65. The maximum Gasteiger partial charge on any atom is 0.265 e. The van der Waals surface area contributed by atoms with Crippen LogP contribution in [0.25, 0.3) is 0 Å². The predicted molar refractivity (Wildman–Crippen MR) is 83.8 cm³/mol. The molecule has 3 rings (SSSR count). The fourth-order valence-electron chi connectivity index (χ4n) is 2.91. The number of benzene rings is 1. The Balaban J connectivity index is 1.67. The number of hydrogen-bond donors (Lipinski definition) is 1. The van der Waals surface area contributed by atoms with Crippen molar-refractivity contribution < 1.29 is 14.3 Å². The summed E-state index contributed by atoms with van der Waals surface area (Å²) in [5.41, 5.74) is 1.56. The molecule has 5 heteroatoms. The van der Waals surface area contributed by atoms with Crippen LogP contribution < -0.4 is 10.1 Å². The lowest BCUT2D eigenvalue weighted by Gasteiger charge is -2.30. The Labute approximate surface area is 130 Å².